The van der Waals surface area contributed by atoms with Crippen LogP contribution in [0.15, 0.2) is 0 Å². The minimum absolute atomic E-state index is 0.0706. The van der Waals surface area contributed by atoms with Crippen LogP contribution in [0.3, 0.4) is 0 Å². The fourth-order valence-electron chi connectivity index (χ4n) is 0.211. The van der Waals surface area contributed by atoms with Crippen molar-refractivity contribution >= 4 is 38.0 Å². The van der Waals surface area contributed by atoms with E-state index in [-0.39, 0.29) is 3.67 Å². The Hall–Kier alpha value is 0.840. The van der Waals surface area contributed by atoms with Crippen molar-refractivity contribution in [2.24, 2.45) is 0 Å². The topological polar surface area (TPSA) is 54.4 Å². The van der Waals surface area contributed by atoms with Crippen LogP contribution in [0.4, 0.5) is 4.39 Å². The van der Waals surface area contributed by atoms with E-state index in [4.69, 9.17) is 4.55 Å². The minimum atomic E-state index is -4.38. The van der Waals surface area contributed by atoms with E-state index in [1.165, 1.54) is 0 Å². The van der Waals surface area contributed by atoms with Gasteiger partial charge in [-0.2, -0.15) is 0 Å². The standard InChI is InChI=1S/C2H4FO3S.Na/c1-2(3)7(4,5)6;/h2H,1H2,(H,4,5,6);. The summed E-state index contributed by atoms with van der Waals surface area (Å²) >= 11 is 0.439. The zero-order chi connectivity index (χ0) is 6.78. The van der Waals surface area contributed by atoms with Crippen LogP contribution in [-0.4, -0.2) is 46.4 Å². The molecule has 6 heteroatoms. The van der Waals surface area contributed by atoms with Gasteiger partial charge in [-0.15, -0.1) is 0 Å². The molecule has 0 aliphatic heterocycles. The van der Waals surface area contributed by atoms with Gasteiger partial charge in [-0.25, -0.2) is 0 Å². The molecule has 0 aromatic carbocycles. The Balaban J connectivity index is 4.04. The first kappa shape index (κ1) is 8.84. The molecule has 1 N–H and O–H groups in total. The predicted molar refractivity (Wildman–Crippen MR) is 27.0 cm³/mol. The molecule has 0 aliphatic carbocycles. The summed E-state index contributed by atoms with van der Waals surface area (Å²) in [5, 5.41) is 0. The van der Waals surface area contributed by atoms with E-state index < -0.39 is 15.6 Å². The molecule has 44 valence electrons. The molecular weight excluding hydrogens is 146 g/mol. The van der Waals surface area contributed by atoms with Crippen LogP contribution in [0.2, 0.25) is 3.67 Å². The molecule has 0 radical (unpaired) electrons. The number of hydrogen-bond acceptors (Lipinski definition) is 2. The van der Waals surface area contributed by atoms with E-state index in [2.05, 4.69) is 0 Å². The monoisotopic (exact) mass is 150 g/mol. The first-order valence-electron chi connectivity index (χ1n) is 2.09. The molecular formula is C2H4FNaO3S. The Morgan fingerprint density at radius 3 is 2.12 bits per heavy atom. The zero-order valence-corrected chi connectivity index (χ0v) is 7.15. The normalized spacial score (nSPS) is 16.0. The van der Waals surface area contributed by atoms with E-state index in [1.54, 1.807) is 0 Å². The maximum atomic E-state index is 11.8. The Labute approximate surface area is 64.4 Å². The van der Waals surface area contributed by atoms with Crippen molar-refractivity contribution < 1.29 is 17.4 Å². The van der Waals surface area contributed by atoms with Crippen molar-refractivity contribution in [2.75, 3.05) is 0 Å². The molecule has 0 fully saturated rings. The van der Waals surface area contributed by atoms with Gasteiger partial charge < -0.3 is 0 Å². The summed E-state index contributed by atoms with van der Waals surface area (Å²) in [6.45, 7) is 0. The third-order valence-corrected chi connectivity index (χ3v) is 2.93. The second-order valence-corrected chi connectivity index (χ2v) is 3.69. The third kappa shape index (κ3) is 2.99. The molecule has 0 saturated heterocycles. The molecule has 1 unspecified atom stereocenters. The van der Waals surface area contributed by atoms with Crippen LogP contribution in [0.25, 0.3) is 0 Å². The van der Waals surface area contributed by atoms with Gasteiger partial charge in [0.05, 0.1) is 0 Å². The summed E-state index contributed by atoms with van der Waals surface area (Å²) in [7, 11) is -4.38. The zero-order valence-electron chi connectivity index (χ0n) is 4.33. The van der Waals surface area contributed by atoms with E-state index in [1.807, 2.05) is 0 Å². The van der Waals surface area contributed by atoms with Crippen molar-refractivity contribution in [3.05, 3.63) is 0 Å². The third-order valence-electron chi connectivity index (χ3n) is 0.644. The molecule has 3 nitrogen and oxygen atoms in total. The maximum absolute atomic E-state index is 11.8. The molecule has 0 aromatic rings. The van der Waals surface area contributed by atoms with Gasteiger partial charge in [0.1, 0.15) is 0 Å². The summed E-state index contributed by atoms with van der Waals surface area (Å²) in [6.07, 6.45) is 0. The molecule has 0 bridgehead atoms. The van der Waals surface area contributed by atoms with Gasteiger partial charge >= 0.3 is 64.6 Å². The van der Waals surface area contributed by atoms with Gasteiger partial charge in [-0.1, -0.05) is 0 Å². The number of hydrogen-bond donors (Lipinski definition) is 1. The second-order valence-electron chi connectivity index (χ2n) is 1.33. The van der Waals surface area contributed by atoms with Crippen LogP contribution >= 0.6 is 0 Å². The fourth-order valence-corrected chi connectivity index (χ4v) is 1.90. The molecule has 0 spiro atoms. The molecule has 8 heavy (non-hydrogen) atoms. The van der Waals surface area contributed by atoms with Gasteiger partial charge in [0.2, 0.25) is 0 Å². The van der Waals surface area contributed by atoms with Crippen LogP contribution in [-0.2, 0) is 10.1 Å². The molecule has 1 atom stereocenters. The fraction of sp³-hybridized carbons (Fsp3) is 1.00. The van der Waals surface area contributed by atoms with E-state index in [0.29, 0.717) is 27.9 Å². The van der Waals surface area contributed by atoms with Gasteiger partial charge in [-0.3, -0.25) is 0 Å². The molecule has 0 heterocycles. The molecule has 0 aromatic heterocycles. The predicted octanol–water partition coefficient (Wildman–Crippen LogP) is -0.243. The summed E-state index contributed by atoms with van der Waals surface area (Å²) < 4.78 is 39.2. The molecule has 0 rings (SSSR count). The van der Waals surface area contributed by atoms with Crippen LogP contribution in [0, 0.1) is 0 Å². The van der Waals surface area contributed by atoms with Crippen molar-refractivity contribution in [1.82, 2.24) is 0 Å². The number of rotatable bonds is 2. The Kier molecular flexibility index (Phi) is 3.45. The van der Waals surface area contributed by atoms with Gasteiger partial charge in [-0.05, 0) is 0 Å². The summed E-state index contributed by atoms with van der Waals surface area (Å²) in [5.74, 6) is 0. The SMILES string of the molecule is O=S(=O)(O)C(F)[CH2][Na]. The van der Waals surface area contributed by atoms with Gasteiger partial charge in [0.15, 0.2) is 0 Å². The quantitative estimate of drug-likeness (QED) is 0.436. The van der Waals surface area contributed by atoms with Crippen LogP contribution in [0.1, 0.15) is 0 Å². The molecule has 0 aliphatic rings. The van der Waals surface area contributed by atoms with Crippen molar-refractivity contribution in [3.63, 3.8) is 0 Å². The van der Waals surface area contributed by atoms with E-state index in [9.17, 15) is 12.8 Å². The number of alkyl halides is 1. The second kappa shape index (κ2) is 3.12. The average molecular weight is 150 g/mol. The van der Waals surface area contributed by atoms with E-state index >= 15 is 0 Å². The van der Waals surface area contributed by atoms with Crippen molar-refractivity contribution in [1.29, 1.82) is 0 Å². The van der Waals surface area contributed by atoms with Gasteiger partial charge in [0, 0.05) is 0 Å². The Morgan fingerprint density at radius 2 is 2.12 bits per heavy atom. The van der Waals surface area contributed by atoms with E-state index in [0.717, 1.165) is 0 Å². The summed E-state index contributed by atoms with van der Waals surface area (Å²) in [5.41, 5.74) is -2.06. The van der Waals surface area contributed by atoms with Crippen molar-refractivity contribution in [3.8, 4) is 0 Å². The Bertz CT molecular complexity index is 153. The first-order valence-corrected chi connectivity index (χ1v) is 5.00. The molecule has 0 amide bonds. The number of halogens is 1. The summed E-state index contributed by atoms with van der Waals surface area (Å²) in [6, 6.07) is 0. The Morgan fingerprint density at radius 1 is 1.75 bits per heavy atom. The van der Waals surface area contributed by atoms with Crippen LogP contribution < -0.4 is 0 Å². The van der Waals surface area contributed by atoms with Crippen molar-refractivity contribution in [2.45, 2.75) is 9.17 Å². The molecule has 0 saturated carbocycles. The summed E-state index contributed by atoms with van der Waals surface area (Å²) in [4.78, 5) is 0. The average Bonchev–Trinajstić information content (AvgIpc) is 1.62. The van der Waals surface area contributed by atoms with Crippen LogP contribution in [0.5, 0.6) is 0 Å². The first-order chi connectivity index (χ1) is 3.48. The van der Waals surface area contributed by atoms with Gasteiger partial charge in [0.25, 0.3) is 0 Å².